The number of fused-ring (bicyclic) bond motifs is 2. The van der Waals surface area contributed by atoms with Crippen molar-refractivity contribution < 1.29 is 67.0 Å². The smallest absolute Gasteiger partial charge is 0.128 e. The number of hydrogen-bond acceptors (Lipinski definition) is 16. The molecule has 2 aromatic carbocycles. The Balaban J connectivity index is -0.000000336. The lowest BCUT2D eigenvalue weighted by Gasteiger charge is -2.43. The average Bonchev–Trinajstić information content (AvgIpc) is 1.74. The van der Waals surface area contributed by atoms with Gasteiger partial charge < -0.3 is 64.0 Å². The molecule has 13 atom stereocenters. The lowest BCUT2D eigenvalue weighted by Crippen LogP contribution is -2.54. The van der Waals surface area contributed by atoms with Gasteiger partial charge in [-0.05, 0) is 184 Å². The van der Waals surface area contributed by atoms with Gasteiger partial charge in [-0.25, -0.2) is 8.78 Å². The Labute approximate surface area is 610 Å². The molecule has 5 aliphatic heterocycles. The maximum atomic E-state index is 14.1. The summed E-state index contributed by atoms with van der Waals surface area (Å²) in [6.07, 6.45) is 30.3. The fourth-order valence-corrected chi connectivity index (χ4v) is 10.1. The summed E-state index contributed by atoms with van der Waals surface area (Å²) >= 11 is 10.00. The number of hydrogen-bond donors (Lipinski definition) is 5. The third-order valence-corrected chi connectivity index (χ3v) is 16.1. The molecule has 0 spiro atoms. The monoisotopic (exact) mass is 1550 g/mol. The molecule has 550 valence electrons. The first-order valence-electron chi connectivity index (χ1n) is 32.0. The number of aliphatic hydroxyl groups excluding tert-OH is 2. The first kappa shape index (κ1) is 101. The van der Waals surface area contributed by atoms with Crippen LogP contribution in [0.1, 0.15) is 161 Å². The summed E-state index contributed by atoms with van der Waals surface area (Å²) in [4.78, 5) is 10.4. The Morgan fingerprint density at radius 3 is 1.74 bits per heavy atom. The van der Waals surface area contributed by atoms with Crippen LogP contribution in [0.5, 0.6) is 0 Å². The van der Waals surface area contributed by atoms with Gasteiger partial charge in [0.2, 0.25) is 0 Å². The number of hydroxylamine groups is 1. The van der Waals surface area contributed by atoms with Gasteiger partial charge in [-0.15, -0.1) is 63.2 Å². The third kappa shape index (κ3) is 44.9. The highest BCUT2D eigenvalue weighted by atomic mass is 79.9. The van der Waals surface area contributed by atoms with E-state index in [4.69, 9.17) is 65.3 Å². The predicted octanol–water partition coefficient (Wildman–Crippen LogP) is 15.9. The number of aliphatic hydroxyl groups is 2. The van der Waals surface area contributed by atoms with Gasteiger partial charge in [0.15, 0.2) is 0 Å². The molecule has 21 heteroatoms. The fourth-order valence-electron chi connectivity index (χ4n) is 9.17. The van der Waals surface area contributed by atoms with E-state index >= 15 is 0 Å². The second-order valence-corrected chi connectivity index (χ2v) is 25.1. The highest BCUT2D eigenvalue weighted by Crippen LogP contribution is 2.43. The van der Waals surface area contributed by atoms with Crippen molar-refractivity contribution >= 4 is 59.7 Å². The van der Waals surface area contributed by atoms with Gasteiger partial charge in [-0.3, -0.25) is 0 Å². The van der Waals surface area contributed by atoms with Crippen molar-refractivity contribution in [1.82, 2.24) is 5.48 Å². The summed E-state index contributed by atoms with van der Waals surface area (Å²) in [7, 11) is 0. The van der Waals surface area contributed by atoms with Crippen molar-refractivity contribution in [2.75, 3.05) is 71.4 Å². The van der Waals surface area contributed by atoms with Gasteiger partial charge in [0.05, 0.1) is 117 Å². The molecular weight excluding hydrogens is 1440 g/mol. The Morgan fingerprint density at radius 1 is 0.773 bits per heavy atom. The van der Waals surface area contributed by atoms with Crippen LogP contribution in [0.3, 0.4) is 0 Å². The molecule has 0 aliphatic carbocycles. The van der Waals surface area contributed by atoms with Crippen LogP contribution >= 0.6 is 47.8 Å². The molecule has 7 rings (SSSR count). The minimum atomic E-state index is -0.977. The number of oxime groups is 2. The van der Waals surface area contributed by atoms with E-state index in [1.807, 2.05) is 81.4 Å². The van der Waals surface area contributed by atoms with Crippen LogP contribution in [0.2, 0.25) is 0 Å². The molecule has 97 heavy (non-hydrogen) atoms. The van der Waals surface area contributed by atoms with E-state index in [1.165, 1.54) is 18.3 Å². The summed E-state index contributed by atoms with van der Waals surface area (Å²) in [5, 5.41) is 33.6. The molecule has 2 aromatic rings. The number of benzene rings is 2. The molecule has 4 saturated heterocycles. The molecule has 0 aromatic heterocycles. The highest BCUT2D eigenvalue weighted by molar-refractivity contribution is 9.10. The van der Waals surface area contributed by atoms with Crippen molar-refractivity contribution in [2.45, 2.75) is 210 Å². The molecule has 5 aliphatic rings. The number of ether oxygens (including phenoxy) is 7. The predicted molar refractivity (Wildman–Crippen MR) is 406 cm³/mol. The summed E-state index contributed by atoms with van der Waals surface area (Å²) < 4.78 is 67.5. The van der Waals surface area contributed by atoms with Crippen LogP contribution < -0.4 is 11.2 Å². The number of nitrogens with zero attached hydrogens (tertiary/aromatic N) is 2. The van der Waals surface area contributed by atoms with Gasteiger partial charge >= 0.3 is 0 Å². The lowest BCUT2D eigenvalue weighted by molar-refractivity contribution is -0.0680. The number of terminal acetylenes is 3. The Hall–Kier alpha value is -4.78. The van der Waals surface area contributed by atoms with E-state index in [9.17, 15) is 13.9 Å². The average molecular weight is 1560 g/mol. The van der Waals surface area contributed by atoms with Crippen LogP contribution in [0.25, 0.3) is 0 Å². The van der Waals surface area contributed by atoms with E-state index in [0.717, 1.165) is 65.5 Å². The Kier molecular flexibility index (Phi) is 64.7. The van der Waals surface area contributed by atoms with Crippen molar-refractivity contribution in [3.8, 4) is 61.2 Å². The number of rotatable bonds is 20. The minimum Gasteiger partial charge on any atom is -0.411 e. The van der Waals surface area contributed by atoms with E-state index < -0.39 is 11.1 Å². The number of nitrogens with one attached hydrogen (secondary N) is 1. The van der Waals surface area contributed by atoms with Crippen LogP contribution in [0.4, 0.5) is 8.78 Å². The summed E-state index contributed by atoms with van der Waals surface area (Å²) in [6, 6.07) is 9.65. The third-order valence-electron chi connectivity index (χ3n) is 14.2. The topological polar surface area (TPSA) is 207 Å². The van der Waals surface area contributed by atoms with E-state index in [0.29, 0.717) is 69.2 Å². The van der Waals surface area contributed by atoms with E-state index in [2.05, 4.69) is 152 Å². The first-order valence-corrected chi connectivity index (χ1v) is 34.7. The summed E-state index contributed by atoms with van der Waals surface area (Å²) in [5.74, 6) is 14.1. The van der Waals surface area contributed by atoms with Crippen LogP contribution in [0, 0.1) is 90.1 Å². The van der Waals surface area contributed by atoms with E-state index in [1.54, 1.807) is 51.1 Å². The van der Waals surface area contributed by atoms with Gasteiger partial charge in [0, 0.05) is 57.1 Å². The Morgan fingerprint density at radius 2 is 1.29 bits per heavy atom. The van der Waals surface area contributed by atoms with Gasteiger partial charge in [-0.2, -0.15) is 5.48 Å². The maximum Gasteiger partial charge on any atom is 0.128 e. The minimum absolute atomic E-state index is 0. The molecule has 5 heterocycles. The van der Waals surface area contributed by atoms with Crippen LogP contribution in [-0.4, -0.2) is 148 Å². The number of halogens is 5. The van der Waals surface area contributed by atoms with Crippen molar-refractivity contribution in [2.24, 2.45) is 33.3 Å². The van der Waals surface area contributed by atoms with Crippen LogP contribution in [0.15, 0.2) is 93.6 Å². The molecule has 0 saturated carbocycles. The molecule has 4 fully saturated rings. The zero-order valence-electron chi connectivity index (χ0n) is 59.9. The standard InChI is InChI=1S/C13H15BrFNO2.C13H17BrFNO2.C10H20O2.C8H13NO2.C7H13NO2.C5H11BrO.C5H10O.C5H4.C4H6.C3H4.C2H2.CH4/c1-8-4-9-6-18-16-13(9,7-17-8)11-5-10(14)2-3-12(11)15;1-8-4-9(6-17)13(16,7-18-8)11-5-10(14)2-3-12(11)15;1-5-7-9(3)12-8-10(4)11-6-2;1-6-3-8(2)5-11-9-7(8)4-10-6;1-3-4-7(2)10-6-5-8-9;1-3-7-5(2)4-6;1-3-4-5(2)6;1-3-5-4-2;1-3-4-2;1-3-2;1-2;/h2-3,5,8-9,16H,4,6-7H2,1H3;2-3,5,8-9,17H,4,6-7,16H2,1H3;5,9-10H,1,6-8H2,2-4H3;6H,3-5H2,1-2H3;3,5,7,9H,1,4,6H2,2H3;5H,3-4H2,1-2H3;3,5-6H,1,4H2,2H3;1H,2H3;1-2H3;1H,2H3;1-2H;1H4/b;;;;8-5+;;;;;;;/t2*8-,9-,13-;9-,10?;6-,8-;7-;;5-;;;;;/m00000.0...../s1. The molecule has 0 amide bonds. The normalized spacial score (nSPS) is 23.1. The Bertz CT molecular complexity index is 2680. The second kappa shape index (κ2) is 62.2. The zero-order valence-corrected chi connectivity index (χ0v) is 64.6. The SMILES string of the molecule is C.C#C.C#CC.C#CC#CC.C=CC[C@H](C)O.C=CC[C@H](C)OC/C=N/O.C=CC[C@H](C)OCC(C)OCC.CC#CC.CCOC(C)CBr.C[C@H]1C[C@@H](CO)[C@](N)(c2cc(Br)ccc2F)CO1.C[C@H]1C[C@@]2(C)CON=C2CO1.C[C@H]1C[C@H]2CON[C@@]2(c2cc(Br)ccc2F)CO1. The van der Waals surface area contributed by atoms with Crippen molar-refractivity contribution in [3.63, 3.8) is 0 Å². The van der Waals surface area contributed by atoms with E-state index in [-0.39, 0.29) is 86.1 Å². The largest absolute Gasteiger partial charge is 0.411 e. The van der Waals surface area contributed by atoms with Gasteiger partial charge in [0.25, 0.3) is 0 Å². The highest BCUT2D eigenvalue weighted by Gasteiger charge is 2.51. The molecule has 6 N–H and O–H groups in total. The number of alkyl halides is 1. The fraction of sp³-hybridized carbons (Fsp3) is 0.605. The molecule has 0 bridgehead atoms. The van der Waals surface area contributed by atoms with Crippen LogP contribution in [-0.2, 0) is 53.9 Å². The summed E-state index contributed by atoms with van der Waals surface area (Å²) in [5.41, 5.74) is 10.0. The zero-order chi connectivity index (χ0) is 74.1. The quantitative estimate of drug-likeness (QED) is 0.0209. The van der Waals surface area contributed by atoms with Gasteiger partial charge in [0.1, 0.15) is 18.2 Å². The summed E-state index contributed by atoms with van der Waals surface area (Å²) in [6.45, 7) is 44.8. The number of nitrogens with two attached hydrogens (primary N) is 1. The van der Waals surface area contributed by atoms with Gasteiger partial charge in [-0.1, -0.05) is 96.6 Å². The first-order chi connectivity index (χ1) is 45.6. The molecular formula is C76H119Br3F2N4O12. The van der Waals surface area contributed by atoms with Crippen molar-refractivity contribution in [3.05, 3.63) is 106 Å². The lowest BCUT2D eigenvalue weighted by atomic mass is 9.75. The molecule has 16 nitrogen and oxygen atoms in total. The van der Waals surface area contributed by atoms with Crippen molar-refractivity contribution in [1.29, 1.82) is 0 Å². The molecule has 2 unspecified atom stereocenters. The molecule has 0 radical (unpaired) electrons. The maximum absolute atomic E-state index is 14.1. The second-order valence-electron chi connectivity index (χ2n) is 22.7.